The van der Waals surface area contributed by atoms with Crippen molar-refractivity contribution in [3.05, 3.63) is 65.5 Å². The molecule has 0 aliphatic rings. The van der Waals surface area contributed by atoms with Gasteiger partial charge in [-0.1, -0.05) is 36.4 Å². The molecule has 2 heteroatoms. The minimum Gasteiger partial charge on any atom is -0.396 e. The van der Waals surface area contributed by atoms with Gasteiger partial charge in [-0.05, 0) is 36.1 Å². The van der Waals surface area contributed by atoms with E-state index in [1.54, 1.807) is 12.1 Å². The van der Waals surface area contributed by atoms with Crippen LogP contribution in [0.25, 0.3) is 0 Å². The number of nitrogens with two attached hydrogens (primary N) is 1. The molecular weight excluding hydrogens is 201 g/mol. The third-order valence-corrected chi connectivity index (χ3v) is 2.61. The molecule has 0 radical (unpaired) electrons. The van der Waals surface area contributed by atoms with Gasteiger partial charge in [-0.25, -0.2) is 4.39 Å². The minimum atomic E-state index is -0.344. The molecule has 0 heterocycles. The molecule has 0 fully saturated rings. The maximum absolute atomic E-state index is 12.9. The number of hydrogen-bond donors (Lipinski definition) is 1. The Labute approximate surface area is 94.7 Å². The van der Waals surface area contributed by atoms with Crippen LogP contribution in [0.1, 0.15) is 11.1 Å². The van der Waals surface area contributed by atoms with Gasteiger partial charge in [0.15, 0.2) is 0 Å². The predicted octanol–water partition coefficient (Wildman–Crippen LogP) is 3.19. The molecule has 2 aromatic carbocycles. The topological polar surface area (TPSA) is 26.0 Å². The summed E-state index contributed by atoms with van der Waals surface area (Å²) in [6.07, 6.45) is 1.83. The first-order chi connectivity index (χ1) is 7.75. The number of nitrogen functional groups attached to an aromatic ring is 1. The second-order valence-electron chi connectivity index (χ2n) is 3.84. The molecule has 16 heavy (non-hydrogen) atoms. The second-order valence-corrected chi connectivity index (χ2v) is 3.84. The number of aryl methyl sites for hydroxylation is 2. The summed E-state index contributed by atoms with van der Waals surface area (Å²) in [5.41, 5.74) is 8.10. The number of rotatable bonds is 3. The van der Waals surface area contributed by atoms with E-state index in [9.17, 15) is 4.39 Å². The maximum atomic E-state index is 12.9. The SMILES string of the molecule is Nc1cc(CCc2ccccc2)ccc1F. The van der Waals surface area contributed by atoms with Crippen LogP contribution in [-0.4, -0.2) is 0 Å². The Morgan fingerprint density at radius 2 is 1.56 bits per heavy atom. The molecule has 0 aliphatic heterocycles. The quantitative estimate of drug-likeness (QED) is 0.782. The van der Waals surface area contributed by atoms with Gasteiger partial charge in [-0.2, -0.15) is 0 Å². The summed E-state index contributed by atoms with van der Waals surface area (Å²) in [6, 6.07) is 15.1. The number of benzene rings is 2. The van der Waals surface area contributed by atoms with Gasteiger partial charge in [0.2, 0.25) is 0 Å². The van der Waals surface area contributed by atoms with Crippen molar-refractivity contribution in [3.8, 4) is 0 Å². The fraction of sp³-hybridized carbons (Fsp3) is 0.143. The maximum Gasteiger partial charge on any atom is 0.146 e. The lowest BCUT2D eigenvalue weighted by Crippen LogP contribution is -1.95. The van der Waals surface area contributed by atoms with E-state index in [0.29, 0.717) is 0 Å². The number of anilines is 1. The third-order valence-electron chi connectivity index (χ3n) is 2.61. The summed E-state index contributed by atoms with van der Waals surface area (Å²) in [6.45, 7) is 0. The van der Waals surface area contributed by atoms with Crippen LogP contribution < -0.4 is 5.73 Å². The molecule has 0 saturated carbocycles. The summed E-state index contributed by atoms with van der Waals surface area (Å²) in [5.74, 6) is -0.344. The zero-order valence-corrected chi connectivity index (χ0v) is 8.99. The molecule has 0 bridgehead atoms. The molecule has 82 valence electrons. The normalized spacial score (nSPS) is 10.3. The Bertz CT molecular complexity index is 465. The molecular formula is C14H14FN. The molecule has 2 aromatic rings. The number of hydrogen-bond acceptors (Lipinski definition) is 1. The highest BCUT2D eigenvalue weighted by Crippen LogP contribution is 2.14. The van der Waals surface area contributed by atoms with Crippen LogP contribution in [-0.2, 0) is 12.8 Å². The molecule has 0 aliphatic carbocycles. The zero-order valence-electron chi connectivity index (χ0n) is 8.99. The summed E-state index contributed by atoms with van der Waals surface area (Å²) in [7, 11) is 0. The van der Waals surface area contributed by atoms with Crippen molar-refractivity contribution >= 4 is 5.69 Å². The van der Waals surface area contributed by atoms with Crippen LogP contribution >= 0.6 is 0 Å². The molecule has 1 nitrogen and oxygen atoms in total. The molecule has 0 saturated heterocycles. The fourth-order valence-electron chi connectivity index (χ4n) is 1.68. The van der Waals surface area contributed by atoms with E-state index < -0.39 is 0 Å². The van der Waals surface area contributed by atoms with Gasteiger partial charge in [-0.3, -0.25) is 0 Å². The Balaban J connectivity index is 2.03. The molecule has 2 N–H and O–H groups in total. The van der Waals surface area contributed by atoms with Crippen LogP contribution in [0.2, 0.25) is 0 Å². The van der Waals surface area contributed by atoms with E-state index >= 15 is 0 Å². The molecule has 0 aromatic heterocycles. The first-order valence-electron chi connectivity index (χ1n) is 5.33. The monoisotopic (exact) mass is 215 g/mol. The molecule has 2 rings (SSSR count). The highest BCUT2D eigenvalue weighted by molar-refractivity contribution is 5.42. The average molecular weight is 215 g/mol. The highest BCUT2D eigenvalue weighted by atomic mass is 19.1. The highest BCUT2D eigenvalue weighted by Gasteiger charge is 2.00. The van der Waals surface area contributed by atoms with Crippen molar-refractivity contribution in [2.45, 2.75) is 12.8 Å². The summed E-state index contributed by atoms with van der Waals surface area (Å²) < 4.78 is 12.9. The average Bonchev–Trinajstić information content (AvgIpc) is 2.32. The first kappa shape index (κ1) is 10.7. The van der Waals surface area contributed by atoms with Gasteiger partial charge in [0.1, 0.15) is 5.82 Å². The lowest BCUT2D eigenvalue weighted by atomic mass is 10.0. The van der Waals surface area contributed by atoms with Gasteiger partial charge >= 0.3 is 0 Å². The van der Waals surface area contributed by atoms with Crippen molar-refractivity contribution in [2.75, 3.05) is 5.73 Å². The van der Waals surface area contributed by atoms with E-state index in [2.05, 4.69) is 12.1 Å². The zero-order chi connectivity index (χ0) is 11.4. The van der Waals surface area contributed by atoms with Gasteiger partial charge in [0.25, 0.3) is 0 Å². The Morgan fingerprint density at radius 3 is 2.25 bits per heavy atom. The van der Waals surface area contributed by atoms with E-state index in [1.807, 2.05) is 18.2 Å². The van der Waals surface area contributed by atoms with E-state index in [-0.39, 0.29) is 11.5 Å². The Kier molecular flexibility index (Phi) is 3.20. The van der Waals surface area contributed by atoms with Crippen molar-refractivity contribution in [1.82, 2.24) is 0 Å². The van der Waals surface area contributed by atoms with Crippen LogP contribution in [0.15, 0.2) is 48.5 Å². The first-order valence-corrected chi connectivity index (χ1v) is 5.33. The fourth-order valence-corrected chi connectivity index (χ4v) is 1.68. The second kappa shape index (κ2) is 4.79. The summed E-state index contributed by atoms with van der Waals surface area (Å²) >= 11 is 0. The van der Waals surface area contributed by atoms with Crippen molar-refractivity contribution in [2.24, 2.45) is 0 Å². The molecule has 0 amide bonds. The third kappa shape index (κ3) is 2.60. The minimum absolute atomic E-state index is 0.227. The molecule has 0 atom stereocenters. The standard InChI is InChI=1S/C14H14FN/c15-13-9-8-12(10-14(13)16)7-6-11-4-2-1-3-5-11/h1-5,8-10H,6-7,16H2. The van der Waals surface area contributed by atoms with Crippen molar-refractivity contribution in [3.63, 3.8) is 0 Å². The summed E-state index contributed by atoms with van der Waals surface area (Å²) in [4.78, 5) is 0. The smallest absolute Gasteiger partial charge is 0.146 e. The largest absolute Gasteiger partial charge is 0.396 e. The number of halogens is 1. The predicted molar refractivity (Wildman–Crippen MR) is 64.7 cm³/mol. The van der Waals surface area contributed by atoms with Crippen LogP contribution in [0, 0.1) is 5.82 Å². The van der Waals surface area contributed by atoms with Crippen LogP contribution in [0.5, 0.6) is 0 Å². The Hall–Kier alpha value is -1.83. The lowest BCUT2D eigenvalue weighted by molar-refractivity contribution is 0.631. The van der Waals surface area contributed by atoms with E-state index in [4.69, 9.17) is 5.73 Å². The van der Waals surface area contributed by atoms with Gasteiger partial charge in [0, 0.05) is 0 Å². The lowest BCUT2D eigenvalue weighted by Gasteiger charge is -2.03. The Morgan fingerprint density at radius 1 is 0.875 bits per heavy atom. The van der Waals surface area contributed by atoms with Gasteiger partial charge in [-0.15, -0.1) is 0 Å². The van der Waals surface area contributed by atoms with E-state index in [0.717, 1.165) is 18.4 Å². The van der Waals surface area contributed by atoms with E-state index in [1.165, 1.54) is 11.6 Å². The molecule has 0 spiro atoms. The van der Waals surface area contributed by atoms with Crippen molar-refractivity contribution < 1.29 is 4.39 Å². The van der Waals surface area contributed by atoms with Gasteiger partial charge in [0.05, 0.1) is 5.69 Å². The summed E-state index contributed by atoms with van der Waals surface area (Å²) in [5, 5.41) is 0. The van der Waals surface area contributed by atoms with Crippen LogP contribution in [0.4, 0.5) is 10.1 Å². The van der Waals surface area contributed by atoms with Crippen molar-refractivity contribution in [1.29, 1.82) is 0 Å². The van der Waals surface area contributed by atoms with Gasteiger partial charge < -0.3 is 5.73 Å². The molecule has 0 unspecified atom stereocenters. The van der Waals surface area contributed by atoms with Crippen LogP contribution in [0.3, 0.4) is 0 Å².